The number of nitrogens with zero attached hydrogens (tertiary/aromatic N) is 2. The van der Waals surface area contributed by atoms with E-state index in [1.165, 1.54) is 18.5 Å². The molecule has 2 rings (SSSR count). The SMILES string of the molecule is CS(=O)(=O)c1ccc(NCCc2ncno2)c(N)c1. The zero-order chi connectivity index (χ0) is 13.9. The van der Waals surface area contributed by atoms with Gasteiger partial charge in [0, 0.05) is 19.2 Å². The molecule has 0 atom stereocenters. The quantitative estimate of drug-likeness (QED) is 0.777. The second-order valence-corrected chi connectivity index (χ2v) is 6.05. The van der Waals surface area contributed by atoms with Gasteiger partial charge < -0.3 is 15.6 Å². The first-order chi connectivity index (χ1) is 8.97. The second-order valence-electron chi connectivity index (χ2n) is 4.03. The van der Waals surface area contributed by atoms with Gasteiger partial charge in [-0.1, -0.05) is 5.16 Å². The number of aromatic nitrogens is 2. The number of nitrogens with one attached hydrogen (secondary N) is 1. The average molecular weight is 282 g/mol. The summed E-state index contributed by atoms with van der Waals surface area (Å²) in [5.41, 5.74) is 6.86. The molecule has 7 nitrogen and oxygen atoms in total. The highest BCUT2D eigenvalue weighted by molar-refractivity contribution is 7.90. The van der Waals surface area contributed by atoms with Crippen molar-refractivity contribution in [3.8, 4) is 0 Å². The molecule has 102 valence electrons. The van der Waals surface area contributed by atoms with E-state index >= 15 is 0 Å². The first-order valence-electron chi connectivity index (χ1n) is 5.56. The molecule has 0 spiro atoms. The molecule has 2 aromatic rings. The van der Waals surface area contributed by atoms with Crippen LogP contribution in [0.4, 0.5) is 11.4 Å². The Bertz CT molecular complexity index is 653. The minimum Gasteiger partial charge on any atom is -0.397 e. The van der Waals surface area contributed by atoms with Crippen molar-refractivity contribution in [3.05, 3.63) is 30.4 Å². The first kappa shape index (κ1) is 13.3. The fraction of sp³-hybridized carbons (Fsp3) is 0.273. The van der Waals surface area contributed by atoms with Crippen LogP contribution in [0.1, 0.15) is 5.89 Å². The van der Waals surface area contributed by atoms with E-state index in [-0.39, 0.29) is 4.90 Å². The maximum atomic E-state index is 11.4. The van der Waals surface area contributed by atoms with Crippen molar-refractivity contribution in [2.45, 2.75) is 11.3 Å². The van der Waals surface area contributed by atoms with Crippen LogP contribution >= 0.6 is 0 Å². The topological polar surface area (TPSA) is 111 Å². The van der Waals surface area contributed by atoms with Gasteiger partial charge in [0.05, 0.1) is 16.3 Å². The summed E-state index contributed by atoms with van der Waals surface area (Å²) in [4.78, 5) is 4.09. The monoisotopic (exact) mass is 282 g/mol. The molecule has 19 heavy (non-hydrogen) atoms. The van der Waals surface area contributed by atoms with E-state index in [1.807, 2.05) is 0 Å². The van der Waals surface area contributed by atoms with Crippen LogP contribution in [-0.4, -0.2) is 31.4 Å². The van der Waals surface area contributed by atoms with Crippen molar-refractivity contribution >= 4 is 21.2 Å². The molecule has 0 aliphatic carbocycles. The summed E-state index contributed by atoms with van der Waals surface area (Å²) in [6.07, 6.45) is 3.04. The van der Waals surface area contributed by atoms with Crippen LogP contribution < -0.4 is 11.1 Å². The van der Waals surface area contributed by atoms with Crippen LogP contribution in [0.2, 0.25) is 0 Å². The largest absolute Gasteiger partial charge is 0.397 e. The molecule has 1 aromatic carbocycles. The third-order valence-corrected chi connectivity index (χ3v) is 3.62. The maximum Gasteiger partial charge on any atom is 0.228 e. The van der Waals surface area contributed by atoms with Crippen LogP contribution in [0.5, 0.6) is 0 Å². The number of anilines is 2. The molecule has 8 heteroatoms. The molecule has 0 unspecified atom stereocenters. The summed E-state index contributed by atoms with van der Waals surface area (Å²) in [5.74, 6) is 0.527. The molecular weight excluding hydrogens is 268 g/mol. The predicted molar refractivity (Wildman–Crippen MR) is 70.5 cm³/mol. The van der Waals surface area contributed by atoms with Gasteiger partial charge in [-0.3, -0.25) is 0 Å². The lowest BCUT2D eigenvalue weighted by Crippen LogP contribution is -2.08. The number of sulfone groups is 1. The molecule has 0 bridgehead atoms. The van der Waals surface area contributed by atoms with Crippen LogP contribution in [0.25, 0.3) is 0 Å². The van der Waals surface area contributed by atoms with Crippen LogP contribution in [0.3, 0.4) is 0 Å². The van der Waals surface area contributed by atoms with Gasteiger partial charge in [-0.15, -0.1) is 0 Å². The summed E-state index contributed by atoms with van der Waals surface area (Å²) in [6.45, 7) is 0.560. The molecule has 1 heterocycles. The molecule has 0 aliphatic rings. The Morgan fingerprint density at radius 1 is 1.42 bits per heavy atom. The van der Waals surface area contributed by atoms with Gasteiger partial charge in [0.2, 0.25) is 5.89 Å². The number of rotatable bonds is 5. The number of nitrogens with two attached hydrogens (primary N) is 1. The number of benzene rings is 1. The smallest absolute Gasteiger partial charge is 0.228 e. The van der Waals surface area contributed by atoms with Gasteiger partial charge in [0.1, 0.15) is 0 Å². The van der Waals surface area contributed by atoms with Crippen molar-refractivity contribution in [1.82, 2.24) is 10.1 Å². The number of hydrogen-bond acceptors (Lipinski definition) is 7. The normalized spacial score (nSPS) is 11.4. The van der Waals surface area contributed by atoms with E-state index in [9.17, 15) is 8.42 Å². The molecule has 0 fully saturated rings. The third kappa shape index (κ3) is 3.44. The summed E-state index contributed by atoms with van der Waals surface area (Å²) in [6, 6.07) is 4.59. The fourth-order valence-electron chi connectivity index (χ4n) is 1.54. The summed E-state index contributed by atoms with van der Waals surface area (Å²) in [7, 11) is -3.24. The summed E-state index contributed by atoms with van der Waals surface area (Å²) in [5, 5.41) is 6.58. The van der Waals surface area contributed by atoms with Crippen LogP contribution in [-0.2, 0) is 16.3 Å². The Labute approximate surface area is 110 Å². The van der Waals surface area contributed by atoms with Crippen LogP contribution in [0, 0.1) is 0 Å². The maximum absolute atomic E-state index is 11.4. The van der Waals surface area contributed by atoms with Crippen molar-refractivity contribution in [1.29, 1.82) is 0 Å². The molecule has 0 radical (unpaired) electrons. The lowest BCUT2D eigenvalue weighted by Gasteiger charge is -2.09. The van der Waals surface area contributed by atoms with E-state index in [2.05, 4.69) is 15.5 Å². The lowest BCUT2D eigenvalue weighted by molar-refractivity contribution is 0.380. The van der Waals surface area contributed by atoms with Gasteiger partial charge in [-0.25, -0.2) is 8.42 Å². The minimum absolute atomic E-state index is 0.201. The van der Waals surface area contributed by atoms with E-state index in [0.29, 0.717) is 30.2 Å². The van der Waals surface area contributed by atoms with Gasteiger partial charge >= 0.3 is 0 Å². The van der Waals surface area contributed by atoms with Gasteiger partial charge in [-0.05, 0) is 18.2 Å². The van der Waals surface area contributed by atoms with E-state index in [1.54, 1.807) is 6.07 Å². The summed E-state index contributed by atoms with van der Waals surface area (Å²) >= 11 is 0. The third-order valence-electron chi connectivity index (χ3n) is 2.51. The highest BCUT2D eigenvalue weighted by Gasteiger charge is 2.09. The average Bonchev–Trinajstić information content (AvgIpc) is 2.83. The van der Waals surface area contributed by atoms with Crippen molar-refractivity contribution in [2.24, 2.45) is 0 Å². The zero-order valence-corrected chi connectivity index (χ0v) is 11.1. The van der Waals surface area contributed by atoms with Crippen molar-refractivity contribution in [2.75, 3.05) is 23.9 Å². The van der Waals surface area contributed by atoms with Gasteiger partial charge in [-0.2, -0.15) is 4.98 Å². The van der Waals surface area contributed by atoms with Crippen molar-refractivity contribution in [3.63, 3.8) is 0 Å². The molecule has 0 saturated heterocycles. The Morgan fingerprint density at radius 2 is 2.21 bits per heavy atom. The summed E-state index contributed by atoms with van der Waals surface area (Å²) < 4.78 is 27.6. The van der Waals surface area contributed by atoms with Crippen LogP contribution in [0.15, 0.2) is 33.9 Å². The molecule has 3 N–H and O–H groups in total. The second kappa shape index (κ2) is 5.27. The van der Waals surface area contributed by atoms with Crippen molar-refractivity contribution < 1.29 is 12.9 Å². The van der Waals surface area contributed by atoms with Gasteiger partial charge in [0.25, 0.3) is 0 Å². The molecule has 0 aliphatic heterocycles. The Balaban J connectivity index is 2.01. The van der Waals surface area contributed by atoms with E-state index < -0.39 is 9.84 Å². The Hall–Kier alpha value is -2.09. The molecule has 0 amide bonds. The predicted octanol–water partition coefficient (Wildman–Crippen LogP) is 0.710. The highest BCUT2D eigenvalue weighted by atomic mass is 32.2. The zero-order valence-electron chi connectivity index (χ0n) is 10.3. The number of nitrogen functional groups attached to an aromatic ring is 1. The Kier molecular flexibility index (Phi) is 3.70. The minimum atomic E-state index is -3.24. The van der Waals surface area contributed by atoms with E-state index in [4.69, 9.17) is 10.3 Å². The highest BCUT2D eigenvalue weighted by Crippen LogP contribution is 2.22. The first-order valence-corrected chi connectivity index (χ1v) is 7.45. The van der Waals surface area contributed by atoms with Gasteiger partial charge in [0.15, 0.2) is 16.2 Å². The molecule has 1 aromatic heterocycles. The molecular formula is C11H14N4O3S. The van der Waals surface area contributed by atoms with E-state index in [0.717, 1.165) is 6.26 Å². The fourth-order valence-corrected chi connectivity index (χ4v) is 2.20. The standard InChI is InChI=1S/C11H14N4O3S/c1-19(16,17)8-2-3-10(9(12)6-8)13-5-4-11-14-7-15-18-11/h2-3,6-7,13H,4-5,12H2,1H3. The number of hydrogen-bond donors (Lipinski definition) is 2. The molecule has 0 saturated carbocycles. The Morgan fingerprint density at radius 3 is 2.79 bits per heavy atom. The lowest BCUT2D eigenvalue weighted by atomic mass is 10.2.